The van der Waals surface area contributed by atoms with Crippen molar-refractivity contribution in [3.8, 4) is 0 Å². The summed E-state index contributed by atoms with van der Waals surface area (Å²) in [5.74, 6) is -2.33. The molecule has 4 nitrogen and oxygen atoms in total. The molecule has 7 heteroatoms. The normalized spacial score (nSPS) is 12.0. The van der Waals surface area contributed by atoms with Crippen LogP contribution in [-0.4, -0.2) is 22.2 Å². The summed E-state index contributed by atoms with van der Waals surface area (Å²) in [5.41, 5.74) is 1.26. The van der Waals surface area contributed by atoms with E-state index >= 15 is 0 Å². The summed E-state index contributed by atoms with van der Waals surface area (Å²) >= 11 is 14.2. The molecule has 0 amide bonds. The van der Waals surface area contributed by atoms with Gasteiger partial charge in [-0.05, 0) is 47.9 Å². The van der Waals surface area contributed by atoms with Crippen LogP contribution in [0.15, 0.2) is 36.4 Å². The molecule has 0 aliphatic rings. The van der Waals surface area contributed by atoms with Crippen LogP contribution >= 0.6 is 45.8 Å². The predicted molar refractivity (Wildman–Crippen MR) is 97.3 cm³/mol. The van der Waals surface area contributed by atoms with E-state index in [-0.39, 0.29) is 15.1 Å². The van der Waals surface area contributed by atoms with Gasteiger partial charge in [-0.15, -0.1) is 0 Å². The van der Waals surface area contributed by atoms with E-state index in [0.29, 0.717) is 22.0 Å². The molecule has 0 fully saturated rings. The molecule has 0 aliphatic carbocycles. The summed E-state index contributed by atoms with van der Waals surface area (Å²) in [6, 6.07) is 9.21. The molecule has 120 valence electrons. The number of halogens is 3. The maximum absolute atomic E-state index is 11.4. The summed E-state index contributed by atoms with van der Waals surface area (Å²) in [6.07, 6.45) is 0.479. The molecular formula is C16H11Cl2IO4. The van der Waals surface area contributed by atoms with Crippen molar-refractivity contribution in [2.24, 2.45) is 0 Å². The zero-order valence-electron chi connectivity index (χ0n) is 11.6. The van der Waals surface area contributed by atoms with E-state index in [1.807, 2.05) is 0 Å². The highest BCUT2D eigenvalue weighted by Gasteiger charge is 2.20. The Kier molecular flexibility index (Phi) is 5.89. The second kappa shape index (κ2) is 7.51. The van der Waals surface area contributed by atoms with Crippen molar-refractivity contribution in [2.45, 2.75) is 10.3 Å². The molecule has 2 aromatic carbocycles. The predicted octanol–water partition coefficient (Wildman–Crippen LogP) is 5.11. The van der Waals surface area contributed by atoms with E-state index in [0.717, 1.165) is 5.56 Å². The molecule has 0 aliphatic heterocycles. The molecular weight excluding hydrogens is 454 g/mol. The summed E-state index contributed by atoms with van der Waals surface area (Å²) < 4.78 is -0.197. The number of carboxylic acid groups (broad SMARTS) is 2. The van der Waals surface area contributed by atoms with Gasteiger partial charge < -0.3 is 10.2 Å². The fraction of sp³-hybridized carbons (Fsp3) is 0.125. The molecule has 0 spiro atoms. The van der Waals surface area contributed by atoms with Gasteiger partial charge in [0, 0.05) is 14.0 Å². The van der Waals surface area contributed by atoms with Gasteiger partial charge in [0.05, 0.1) is 11.1 Å². The number of hydrogen-bond acceptors (Lipinski definition) is 2. The number of aromatic carboxylic acids is 2. The number of hydrogen-bond donors (Lipinski definition) is 2. The largest absolute Gasteiger partial charge is 0.478 e. The first-order chi connectivity index (χ1) is 10.8. The third-order valence-electron chi connectivity index (χ3n) is 3.28. The fourth-order valence-electron chi connectivity index (χ4n) is 2.15. The molecule has 0 radical (unpaired) electrons. The second-order valence-electron chi connectivity index (χ2n) is 4.82. The molecule has 0 aromatic heterocycles. The minimum Gasteiger partial charge on any atom is -0.478 e. The first-order valence-corrected chi connectivity index (χ1v) is 8.48. The first kappa shape index (κ1) is 18.0. The fourth-order valence-corrected chi connectivity index (χ4v) is 3.56. The van der Waals surface area contributed by atoms with Gasteiger partial charge in [-0.25, -0.2) is 9.59 Å². The highest BCUT2D eigenvalue weighted by atomic mass is 127. The molecule has 0 saturated carbocycles. The van der Waals surface area contributed by atoms with Crippen LogP contribution in [0.4, 0.5) is 0 Å². The lowest BCUT2D eigenvalue weighted by Gasteiger charge is -2.15. The van der Waals surface area contributed by atoms with Crippen LogP contribution in [-0.2, 0) is 6.42 Å². The number of benzene rings is 2. The van der Waals surface area contributed by atoms with Gasteiger partial charge in [-0.2, -0.15) is 0 Å². The van der Waals surface area contributed by atoms with Crippen LogP contribution in [0.2, 0.25) is 10.0 Å². The van der Waals surface area contributed by atoms with Crippen LogP contribution in [0.1, 0.15) is 35.8 Å². The number of carboxylic acids is 2. The lowest BCUT2D eigenvalue weighted by atomic mass is 9.97. The van der Waals surface area contributed by atoms with Gasteiger partial charge in [-0.3, -0.25) is 0 Å². The number of carbonyl (C=O) groups is 2. The van der Waals surface area contributed by atoms with Crippen molar-refractivity contribution >= 4 is 57.7 Å². The summed E-state index contributed by atoms with van der Waals surface area (Å²) in [5, 5.41) is 19.4. The van der Waals surface area contributed by atoms with Gasteiger partial charge in [-0.1, -0.05) is 51.9 Å². The van der Waals surface area contributed by atoms with Gasteiger partial charge in [0.15, 0.2) is 0 Å². The van der Waals surface area contributed by atoms with Crippen LogP contribution in [0.3, 0.4) is 0 Å². The highest BCUT2D eigenvalue weighted by molar-refractivity contribution is 14.1. The van der Waals surface area contributed by atoms with Crippen molar-refractivity contribution in [3.05, 3.63) is 68.7 Å². The Bertz CT molecular complexity index is 777. The SMILES string of the molecule is O=C(O)c1ccc(C(I)Cc2cc(Cl)ccc2Cl)c(C(=O)O)c1. The minimum absolute atomic E-state index is 0.0255. The maximum Gasteiger partial charge on any atom is 0.336 e. The van der Waals surface area contributed by atoms with E-state index in [4.69, 9.17) is 28.3 Å². The van der Waals surface area contributed by atoms with Gasteiger partial charge in [0.2, 0.25) is 0 Å². The lowest BCUT2D eigenvalue weighted by Crippen LogP contribution is -2.08. The average Bonchev–Trinajstić information content (AvgIpc) is 2.50. The molecule has 2 rings (SSSR count). The third-order valence-corrected chi connectivity index (χ3v) is 4.99. The quantitative estimate of drug-likeness (QED) is 0.476. The van der Waals surface area contributed by atoms with E-state index in [1.165, 1.54) is 18.2 Å². The summed E-state index contributed by atoms with van der Waals surface area (Å²) in [6.45, 7) is 0. The second-order valence-corrected chi connectivity index (χ2v) is 7.17. The van der Waals surface area contributed by atoms with Gasteiger partial charge in [0.1, 0.15) is 0 Å². The minimum atomic E-state index is -1.16. The highest BCUT2D eigenvalue weighted by Crippen LogP contribution is 2.34. The average molecular weight is 465 g/mol. The van der Waals surface area contributed by atoms with Crippen molar-refractivity contribution in [3.63, 3.8) is 0 Å². The van der Waals surface area contributed by atoms with Crippen LogP contribution in [0.25, 0.3) is 0 Å². The smallest absolute Gasteiger partial charge is 0.336 e. The van der Waals surface area contributed by atoms with Crippen molar-refractivity contribution in [2.75, 3.05) is 0 Å². The van der Waals surface area contributed by atoms with E-state index < -0.39 is 11.9 Å². The lowest BCUT2D eigenvalue weighted by molar-refractivity contribution is 0.0695. The monoisotopic (exact) mass is 464 g/mol. The Morgan fingerprint density at radius 2 is 1.74 bits per heavy atom. The summed E-state index contributed by atoms with van der Waals surface area (Å²) in [7, 11) is 0. The van der Waals surface area contributed by atoms with E-state index in [2.05, 4.69) is 22.6 Å². The zero-order valence-corrected chi connectivity index (χ0v) is 15.3. The third kappa shape index (κ3) is 4.37. The van der Waals surface area contributed by atoms with E-state index in [1.54, 1.807) is 18.2 Å². The molecule has 1 unspecified atom stereocenters. The Morgan fingerprint density at radius 3 is 2.35 bits per heavy atom. The van der Waals surface area contributed by atoms with Crippen LogP contribution < -0.4 is 0 Å². The molecule has 2 aromatic rings. The van der Waals surface area contributed by atoms with Gasteiger partial charge in [0.25, 0.3) is 0 Å². The Balaban J connectivity index is 2.38. The Hall–Kier alpha value is -1.31. The van der Waals surface area contributed by atoms with Crippen LogP contribution in [0, 0.1) is 0 Å². The topological polar surface area (TPSA) is 74.6 Å². The Morgan fingerprint density at radius 1 is 1.04 bits per heavy atom. The van der Waals surface area contributed by atoms with Crippen molar-refractivity contribution in [1.82, 2.24) is 0 Å². The van der Waals surface area contributed by atoms with E-state index in [9.17, 15) is 14.7 Å². The molecule has 1 atom stereocenters. The first-order valence-electron chi connectivity index (χ1n) is 6.48. The molecule has 23 heavy (non-hydrogen) atoms. The standard InChI is InChI=1S/C16H11Cl2IO4/c17-10-2-4-13(18)9(5-10)7-14(19)11-3-1-8(15(20)21)6-12(11)16(22)23/h1-6,14H,7H2,(H,20,21)(H,22,23). The van der Waals surface area contributed by atoms with Crippen molar-refractivity contribution < 1.29 is 19.8 Å². The van der Waals surface area contributed by atoms with Crippen LogP contribution in [0.5, 0.6) is 0 Å². The Labute approximate surface area is 156 Å². The molecule has 0 bridgehead atoms. The maximum atomic E-state index is 11.4. The zero-order chi connectivity index (χ0) is 17.1. The molecule has 0 saturated heterocycles. The number of alkyl halides is 1. The molecule has 0 heterocycles. The summed E-state index contributed by atoms with van der Waals surface area (Å²) in [4.78, 5) is 22.4. The number of rotatable bonds is 5. The van der Waals surface area contributed by atoms with Gasteiger partial charge >= 0.3 is 11.9 Å². The van der Waals surface area contributed by atoms with Crippen molar-refractivity contribution in [1.29, 1.82) is 0 Å². The molecule has 2 N–H and O–H groups in total.